The lowest BCUT2D eigenvalue weighted by Crippen LogP contribution is -2.34. The largest absolute Gasteiger partial charge is 0.354 e. The van der Waals surface area contributed by atoms with Crippen LogP contribution in [0.1, 0.15) is 36.9 Å². The first-order valence-corrected chi connectivity index (χ1v) is 10.2. The van der Waals surface area contributed by atoms with Crippen molar-refractivity contribution in [2.45, 2.75) is 38.8 Å². The number of rotatable bonds is 6. The number of nitrogens with zero attached hydrogens (tertiary/aromatic N) is 4. The predicted molar refractivity (Wildman–Crippen MR) is 110 cm³/mol. The molecule has 1 aromatic carbocycles. The van der Waals surface area contributed by atoms with Crippen molar-refractivity contribution < 1.29 is 13.6 Å². The van der Waals surface area contributed by atoms with Crippen LogP contribution in [-0.4, -0.2) is 45.2 Å². The third kappa shape index (κ3) is 4.33. The van der Waals surface area contributed by atoms with E-state index in [1.165, 1.54) is 6.92 Å². The topological polar surface area (TPSA) is 63.1 Å². The SMILES string of the molecule is CC(=O)NCCn1nc([C@H]2CCCN(Cc3cccc(F)c3F)C2)c2cccnc21. The van der Waals surface area contributed by atoms with Crippen molar-refractivity contribution in [2.24, 2.45) is 0 Å². The number of benzene rings is 1. The van der Waals surface area contributed by atoms with Crippen LogP contribution < -0.4 is 5.32 Å². The quantitative estimate of drug-likeness (QED) is 0.674. The molecule has 1 aliphatic heterocycles. The minimum absolute atomic E-state index is 0.0767. The van der Waals surface area contributed by atoms with E-state index in [9.17, 15) is 13.6 Å². The normalized spacial score (nSPS) is 17.4. The fourth-order valence-electron chi connectivity index (χ4n) is 4.16. The van der Waals surface area contributed by atoms with E-state index in [2.05, 4.69) is 15.2 Å². The van der Waals surface area contributed by atoms with Gasteiger partial charge in [0.2, 0.25) is 5.91 Å². The maximum absolute atomic E-state index is 14.1. The molecule has 1 amide bonds. The summed E-state index contributed by atoms with van der Waals surface area (Å²) in [6, 6.07) is 8.24. The van der Waals surface area contributed by atoms with Crippen LogP contribution in [-0.2, 0) is 17.9 Å². The Morgan fingerprint density at radius 3 is 2.97 bits per heavy atom. The Bertz CT molecular complexity index is 1050. The number of halogens is 2. The smallest absolute Gasteiger partial charge is 0.216 e. The molecule has 8 heteroatoms. The van der Waals surface area contributed by atoms with Crippen molar-refractivity contribution in [1.82, 2.24) is 25.0 Å². The van der Waals surface area contributed by atoms with Crippen molar-refractivity contribution >= 4 is 16.9 Å². The molecule has 0 spiro atoms. The van der Waals surface area contributed by atoms with Gasteiger partial charge < -0.3 is 5.32 Å². The number of hydrogen-bond acceptors (Lipinski definition) is 4. The number of fused-ring (bicyclic) bond motifs is 1. The van der Waals surface area contributed by atoms with E-state index >= 15 is 0 Å². The fraction of sp³-hybridized carbons (Fsp3) is 0.409. The molecule has 6 nitrogen and oxygen atoms in total. The van der Waals surface area contributed by atoms with Crippen LogP contribution in [0.25, 0.3) is 11.0 Å². The summed E-state index contributed by atoms with van der Waals surface area (Å²) in [7, 11) is 0. The van der Waals surface area contributed by atoms with Crippen molar-refractivity contribution in [3.63, 3.8) is 0 Å². The summed E-state index contributed by atoms with van der Waals surface area (Å²) < 4.78 is 29.5. The molecule has 30 heavy (non-hydrogen) atoms. The highest BCUT2D eigenvalue weighted by molar-refractivity contribution is 5.79. The van der Waals surface area contributed by atoms with Crippen molar-refractivity contribution in [2.75, 3.05) is 19.6 Å². The summed E-state index contributed by atoms with van der Waals surface area (Å²) in [6.07, 6.45) is 3.68. The number of carbonyl (C=O) groups excluding carboxylic acids is 1. The van der Waals surface area contributed by atoms with Gasteiger partial charge in [-0.3, -0.25) is 9.69 Å². The highest BCUT2D eigenvalue weighted by Gasteiger charge is 2.27. The Labute approximate surface area is 173 Å². The number of amides is 1. The van der Waals surface area contributed by atoms with Gasteiger partial charge >= 0.3 is 0 Å². The summed E-state index contributed by atoms with van der Waals surface area (Å²) in [6.45, 7) is 4.45. The van der Waals surface area contributed by atoms with E-state index in [-0.39, 0.29) is 11.8 Å². The maximum Gasteiger partial charge on any atom is 0.216 e. The van der Waals surface area contributed by atoms with Gasteiger partial charge in [0.1, 0.15) is 0 Å². The minimum atomic E-state index is -0.809. The molecule has 4 rings (SSSR count). The first kappa shape index (κ1) is 20.4. The minimum Gasteiger partial charge on any atom is -0.354 e. The summed E-state index contributed by atoms with van der Waals surface area (Å²) in [5.41, 5.74) is 2.15. The van der Waals surface area contributed by atoms with Gasteiger partial charge in [0, 0.05) is 49.6 Å². The van der Waals surface area contributed by atoms with Gasteiger partial charge in [0.25, 0.3) is 0 Å². The molecule has 3 aromatic rings. The Kier molecular flexibility index (Phi) is 6.03. The monoisotopic (exact) mass is 413 g/mol. The van der Waals surface area contributed by atoms with E-state index in [0.29, 0.717) is 25.2 Å². The molecule has 0 radical (unpaired) electrons. The van der Waals surface area contributed by atoms with Crippen molar-refractivity contribution in [1.29, 1.82) is 0 Å². The average Bonchev–Trinajstić information content (AvgIpc) is 3.10. The molecule has 0 saturated carbocycles. The Hall–Kier alpha value is -2.87. The number of likely N-dealkylation sites (tertiary alicyclic amines) is 1. The van der Waals surface area contributed by atoms with Crippen molar-refractivity contribution in [3.8, 4) is 0 Å². The van der Waals surface area contributed by atoms with E-state index in [0.717, 1.165) is 48.7 Å². The van der Waals surface area contributed by atoms with E-state index < -0.39 is 11.6 Å². The lowest BCUT2D eigenvalue weighted by atomic mass is 9.93. The standard InChI is InChI=1S/C22H25F2N5O/c1-15(30)25-10-12-29-22-18(7-3-9-26-22)21(27-29)17-6-4-11-28(14-17)13-16-5-2-8-19(23)20(16)24/h2-3,5,7-9,17H,4,6,10-14H2,1H3,(H,25,30)/t17-/m0/s1. The summed E-state index contributed by atoms with van der Waals surface area (Å²) in [5, 5.41) is 8.62. The zero-order valence-corrected chi connectivity index (χ0v) is 16.9. The molecule has 0 bridgehead atoms. The van der Waals surface area contributed by atoms with Crippen LogP contribution >= 0.6 is 0 Å². The molecule has 3 heterocycles. The Morgan fingerprint density at radius 2 is 2.13 bits per heavy atom. The zero-order valence-electron chi connectivity index (χ0n) is 16.9. The third-order valence-corrected chi connectivity index (χ3v) is 5.55. The van der Waals surface area contributed by atoms with Gasteiger partial charge in [0.15, 0.2) is 17.3 Å². The van der Waals surface area contributed by atoms with Crippen LogP contribution in [0.2, 0.25) is 0 Å². The molecule has 0 unspecified atom stereocenters. The molecule has 158 valence electrons. The van der Waals surface area contributed by atoms with Crippen LogP contribution in [0.4, 0.5) is 8.78 Å². The van der Waals surface area contributed by atoms with Gasteiger partial charge in [0.05, 0.1) is 12.2 Å². The van der Waals surface area contributed by atoms with Gasteiger partial charge in [-0.05, 0) is 37.6 Å². The lowest BCUT2D eigenvalue weighted by Gasteiger charge is -2.32. The van der Waals surface area contributed by atoms with Gasteiger partial charge in [-0.2, -0.15) is 5.10 Å². The number of carbonyl (C=O) groups is 1. The summed E-state index contributed by atoms with van der Waals surface area (Å²) >= 11 is 0. The van der Waals surface area contributed by atoms with E-state index in [4.69, 9.17) is 5.10 Å². The van der Waals surface area contributed by atoms with E-state index in [1.54, 1.807) is 18.3 Å². The molecule has 1 atom stereocenters. The molecule has 2 aromatic heterocycles. The van der Waals surface area contributed by atoms with Crippen LogP contribution in [0.15, 0.2) is 36.5 Å². The summed E-state index contributed by atoms with van der Waals surface area (Å²) in [5.74, 6) is -1.47. The maximum atomic E-state index is 14.1. The van der Waals surface area contributed by atoms with Gasteiger partial charge in [-0.25, -0.2) is 18.4 Å². The highest BCUT2D eigenvalue weighted by atomic mass is 19.2. The molecule has 0 aliphatic carbocycles. The first-order chi connectivity index (χ1) is 14.5. The molecular weight excluding hydrogens is 388 g/mol. The number of pyridine rings is 1. The van der Waals surface area contributed by atoms with Gasteiger partial charge in [-0.1, -0.05) is 12.1 Å². The fourth-order valence-corrected chi connectivity index (χ4v) is 4.16. The molecule has 1 aliphatic rings. The van der Waals surface area contributed by atoms with Crippen molar-refractivity contribution in [3.05, 3.63) is 59.4 Å². The Balaban J connectivity index is 1.54. The number of hydrogen-bond donors (Lipinski definition) is 1. The Morgan fingerprint density at radius 1 is 1.27 bits per heavy atom. The highest BCUT2D eigenvalue weighted by Crippen LogP contribution is 2.31. The second-order valence-corrected chi connectivity index (χ2v) is 7.75. The zero-order chi connectivity index (χ0) is 21.1. The second-order valence-electron chi connectivity index (χ2n) is 7.75. The second kappa shape index (κ2) is 8.87. The number of piperidine rings is 1. The summed E-state index contributed by atoms with van der Waals surface area (Å²) in [4.78, 5) is 17.8. The van der Waals surface area contributed by atoms with E-state index in [1.807, 2.05) is 16.8 Å². The van der Waals surface area contributed by atoms with Crippen LogP contribution in [0.5, 0.6) is 0 Å². The number of nitrogens with one attached hydrogen (secondary N) is 1. The lowest BCUT2D eigenvalue weighted by molar-refractivity contribution is -0.118. The van der Waals surface area contributed by atoms with Gasteiger partial charge in [-0.15, -0.1) is 0 Å². The molecular formula is C22H25F2N5O. The van der Waals surface area contributed by atoms with Crippen LogP contribution in [0, 0.1) is 11.6 Å². The molecule has 1 N–H and O–H groups in total. The average molecular weight is 413 g/mol. The third-order valence-electron chi connectivity index (χ3n) is 5.55. The van der Waals surface area contributed by atoms with Crippen LogP contribution in [0.3, 0.4) is 0 Å². The number of aromatic nitrogens is 3. The predicted octanol–water partition coefficient (Wildman–Crippen LogP) is 3.23. The molecule has 1 saturated heterocycles. The molecule has 1 fully saturated rings. The first-order valence-electron chi connectivity index (χ1n) is 10.2.